The zero-order valence-corrected chi connectivity index (χ0v) is 16.4. The summed E-state index contributed by atoms with van der Waals surface area (Å²) in [7, 11) is 0. The molecule has 2 heterocycles. The highest BCUT2D eigenvalue weighted by Crippen LogP contribution is 2.23. The first-order valence-electron chi connectivity index (χ1n) is 9.43. The van der Waals surface area contributed by atoms with Crippen molar-refractivity contribution in [3.63, 3.8) is 0 Å². The van der Waals surface area contributed by atoms with Crippen LogP contribution in [0.1, 0.15) is 29.8 Å². The van der Waals surface area contributed by atoms with Crippen molar-refractivity contribution in [3.8, 4) is 0 Å². The number of rotatable bonds is 7. The lowest BCUT2D eigenvalue weighted by Crippen LogP contribution is -2.42. The highest BCUT2D eigenvalue weighted by molar-refractivity contribution is 5.91. The van der Waals surface area contributed by atoms with Gasteiger partial charge < -0.3 is 10.3 Å². The normalized spacial score (nSPS) is 10.6. The Bertz CT molecular complexity index is 1070. The van der Waals surface area contributed by atoms with E-state index in [0.717, 1.165) is 16.9 Å². The number of hydrogen-bond donors (Lipinski definition) is 4. The summed E-state index contributed by atoms with van der Waals surface area (Å²) in [4.78, 5) is 43.1. The highest BCUT2D eigenvalue weighted by atomic mass is 19.1. The number of carbonyl (C=O) groups excluding carboxylic acids is 3. The fraction of sp³-hybridized carbons (Fsp3) is 0.238. The smallest absolute Gasteiger partial charge is 0.242 e. The zero-order valence-electron chi connectivity index (χ0n) is 16.4. The molecule has 0 aliphatic rings. The molecule has 0 atom stereocenters. The predicted octanol–water partition coefficient (Wildman–Crippen LogP) is 1.80. The van der Waals surface area contributed by atoms with Crippen LogP contribution >= 0.6 is 0 Å². The fourth-order valence-electron chi connectivity index (χ4n) is 3.00. The van der Waals surface area contributed by atoms with Crippen LogP contribution < -0.4 is 16.2 Å². The number of hydrogen-bond acceptors (Lipinski definition) is 4. The lowest BCUT2D eigenvalue weighted by Gasteiger charge is -2.08. The number of aryl methyl sites for hydroxylation is 1. The van der Waals surface area contributed by atoms with Gasteiger partial charge in [0.2, 0.25) is 17.7 Å². The molecule has 1 aromatic carbocycles. The maximum Gasteiger partial charge on any atom is 0.242 e. The van der Waals surface area contributed by atoms with Crippen molar-refractivity contribution in [2.24, 2.45) is 0 Å². The SMILES string of the molecule is Cc1[nH]c2ccc(F)cc2c1CC(=O)NNC(=O)CCC(=O)NCc1ccccn1. The van der Waals surface area contributed by atoms with E-state index in [9.17, 15) is 18.8 Å². The van der Waals surface area contributed by atoms with Gasteiger partial charge in [-0.1, -0.05) is 6.07 Å². The Morgan fingerprint density at radius 1 is 1.03 bits per heavy atom. The van der Waals surface area contributed by atoms with E-state index in [-0.39, 0.29) is 31.7 Å². The molecular weight excluding hydrogens is 389 g/mol. The number of halogens is 1. The Hall–Kier alpha value is -3.75. The van der Waals surface area contributed by atoms with Crippen LogP contribution in [-0.2, 0) is 27.3 Å². The van der Waals surface area contributed by atoms with E-state index >= 15 is 0 Å². The third kappa shape index (κ3) is 5.63. The Morgan fingerprint density at radius 3 is 2.57 bits per heavy atom. The number of fused-ring (bicyclic) bond motifs is 1. The van der Waals surface area contributed by atoms with Gasteiger partial charge in [0.1, 0.15) is 5.82 Å². The number of H-pyrrole nitrogens is 1. The summed E-state index contributed by atoms with van der Waals surface area (Å²) in [5.41, 5.74) is 7.47. The van der Waals surface area contributed by atoms with E-state index in [1.54, 1.807) is 31.3 Å². The topological polar surface area (TPSA) is 116 Å². The molecule has 0 fully saturated rings. The van der Waals surface area contributed by atoms with E-state index in [1.165, 1.54) is 12.1 Å². The van der Waals surface area contributed by atoms with Gasteiger partial charge in [-0.3, -0.25) is 30.2 Å². The van der Waals surface area contributed by atoms with Gasteiger partial charge in [0, 0.05) is 35.6 Å². The molecule has 0 saturated heterocycles. The van der Waals surface area contributed by atoms with Crippen molar-refractivity contribution in [2.75, 3.05) is 0 Å². The van der Waals surface area contributed by atoms with Crippen LogP contribution in [0, 0.1) is 12.7 Å². The number of aromatic amines is 1. The quantitative estimate of drug-likeness (QED) is 0.444. The molecule has 0 bridgehead atoms. The second kappa shape index (κ2) is 9.64. The van der Waals surface area contributed by atoms with E-state index in [4.69, 9.17) is 0 Å². The lowest BCUT2D eigenvalue weighted by molar-refractivity contribution is -0.130. The van der Waals surface area contributed by atoms with Crippen LogP contribution in [0.5, 0.6) is 0 Å². The van der Waals surface area contributed by atoms with Gasteiger partial charge in [-0.05, 0) is 42.8 Å². The summed E-state index contributed by atoms with van der Waals surface area (Å²) in [6.07, 6.45) is 1.51. The molecule has 8 nitrogen and oxygen atoms in total. The van der Waals surface area contributed by atoms with Crippen molar-refractivity contribution in [3.05, 3.63) is 65.4 Å². The number of benzene rings is 1. The van der Waals surface area contributed by atoms with Crippen molar-refractivity contribution in [1.29, 1.82) is 0 Å². The standard InChI is InChI=1S/C21H22FN5O3/c1-13-16(17-10-14(22)5-6-18(17)25-13)11-21(30)27-26-20(29)8-7-19(28)24-12-15-4-2-3-9-23-15/h2-6,9-10,25H,7-8,11-12H2,1H3,(H,24,28)(H,26,29)(H,27,30). The number of amides is 3. The molecule has 9 heteroatoms. The Morgan fingerprint density at radius 2 is 1.80 bits per heavy atom. The summed E-state index contributed by atoms with van der Waals surface area (Å²) < 4.78 is 13.5. The molecule has 3 amide bonds. The van der Waals surface area contributed by atoms with Crippen LogP contribution in [0.25, 0.3) is 10.9 Å². The maximum atomic E-state index is 13.5. The third-order valence-electron chi connectivity index (χ3n) is 4.53. The van der Waals surface area contributed by atoms with Gasteiger partial charge in [0.15, 0.2) is 0 Å². The van der Waals surface area contributed by atoms with Crippen LogP contribution in [0.15, 0.2) is 42.6 Å². The predicted molar refractivity (Wildman–Crippen MR) is 108 cm³/mol. The molecule has 2 aromatic heterocycles. The van der Waals surface area contributed by atoms with Gasteiger partial charge in [-0.15, -0.1) is 0 Å². The third-order valence-corrected chi connectivity index (χ3v) is 4.53. The van der Waals surface area contributed by atoms with Gasteiger partial charge in [0.25, 0.3) is 0 Å². The van der Waals surface area contributed by atoms with Crippen molar-refractivity contribution < 1.29 is 18.8 Å². The van der Waals surface area contributed by atoms with Gasteiger partial charge in [0.05, 0.1) is 18.7 Å². The molecule has 156 valence electrons. The van der Waals surface area contributed by atoms with Gasteiger partial charge in [-0.2, -0.15) is 0 Å². The minimum absolute atomic E-state index is 0.0185. The summed E-state index contributed by atoms with van der Waals surface area (Å²) in [5.74, 6) is -1.62. The first-order chi connectivity index (χ1) is 14.4. The Kier molecular flexibility index (Phi) is 6.74. The van der Waals surface area contributed by atoms with E-state index in [2.05, 4.69) is 26.1 Å². The molecule has 4 N–H and O–H groups in total. The van der Waals surface area contributed by atoms with Gasteiger partial charge >= 0.3 is 0 Å². The molecule has 30 heavy (non-hydrogen) atoms. The highest BCUT2D eigenvalue weighted by Gasteiger charge is 2.14. The second-order valence-corrected chi connectivity index (χ2v) is 6.79. The van der Waals surface area contributed by atoms with Crippen LogP contribution in [-0.4, -0.2) is 27.7 Å². The van der Waals surface area contributed by atoms with Crippen molar-refractivity contribution in [2.45, 2.75) is 32.7 Å². The van der Waals surface area contributed by atoms with E-state index in [0.29, 0.717) is 10.9 Å². The molecule has 0 spiro atoms. The summed E-state index contributed by atoms with van der Waals surface area (Å²) in [6.45, 7) is 2.07. The average molecular weight is 411 g/mol. The van der Waals surface area contributed by atoms with Crippen molar-refractivity contribution in [1.82, 2.24) is 26.1 Å². The summed E-state index contributed by atoms with van der Waals surface area (Å²) in [6, 6.07) is 9.70. The van der Waals surface area contributed by atoms with Crippen LogP contribution in [0.4, 0.5) is 4.39 Å². The lowest BCUT2D eigenvalue weighted by atomic mass is 10.1. The monoisotopic (exact) mass is 411 g/mol. The Balaban J connectivity index is 1.41. The first kappa shape index (κ1) is 21.0. The molecule has 0 aliphatic carbocycles. The van der Waals surface area contributed by atoms with Gasteiger partial charge in [-0.25, -0.2) is 4.39 Å². The summed E-state index contributed by atoms with van der Waals surface area (Å²) >= 11 is 0. The fourth-order valence-corrected chi connectivity index (χ4v) is 3.00. The number of hydrazine groups is 1. The van der Waals surface area contributed by atoms with Crippen molar-refractivity contribution >= 4 is 28.6 Å². The second-order valence-electron chi connectivity index (χ2n) is 6.79. The molecule has 0 radical (unpaired) electrons. The number of carbonyl (C=O) groups is 3. The molecule has 0 saturated carbocycles. The molecule has 0 unspecified atom stereocenters. The molecular formula is C21H22FN5O3. The molecule has 3 aromatic rings. The molecule has 3 rings (SSSR count). The number of aromatic nitrogens is 2. The minimum atomic E-state index is -0.488. The molecule has 0 aliphatic heterocycles. The van der Waals surface area contributed by atoms with E-state index < -0.39 is 17.6 Å². The maximum absolute atomic E-state index is 13.5. The average Bonchev–Trinajstić information content (AvgIpc) is 3.04. The summed E-state index contributed by atoms with van der Waals surface area (Å²) in [5, 5.41) is 3.30. The first-order valence-corrected chi connectivity index (χ1v) is 9.43. The number of nitrogens with one attached hydrogen (secondary N) is 4. The zero-order chi connectivity index (χ0) is 21.5. The minimum Gasteiger partial charge on any atom is -0.358 e. The number of nitrogens with zero attached hydrogens (tertiary/aromatic N) is 1. The Labute approximate surface area is 172 Å². The number of pyridine rings is 1. The largest absolute Gasteiger partial charge is 0.358 e. The van der Waals surface area contributed by atoms with Crippen LogP contribution in [0.3, 0.4) is 0 Å². The van der Waals surface area contributed by atoms with Crippen LogP contribution in [0.2, 0.25) is 0 Å². The van der Waals surface area contributed by atoms with E-state index in [1.807, 2.05) is 6.07 Å².